The first-order chi connectivity index (χ1) is 7.39. The van der Waals surface area contributed by atoms with Crippen molar-refractivity contribution >= 4 is 28.7 Å². The maximum Gasteiger partial charge on any atom is 0.321 e. The molecular weight excluding hydrogens is 234 g/mol. The summed E-state index contributed by atoms with van der Waals surface area (Å²) in [6.07, 6.45) is -0.172. The minimum Gasteiger partial charge on any atom is -0.481 e. The number of nitrogens with one attached hydrogen (secondary N) is 2. The van der Waals surface area contributed by atoms with Gasteiger partial charge >= 0.3 is 12.0 Å². The number of aromatic nitrogens is 3. The first-order valence-corrected chi connectivity index (χ1v) is 5.12. The SMILES string of the molecule is CC(C)(CC(=O)O)NC(=O)Nc1nnns1. The minimum atomic E-state index is -0.983. The number of aliphatic carboxylic acids is 1. The third-order valence-corrected chi connectivity index (χ3v) is 2.08. The fraction of sp³-hybridized carbons (Fsp3) is 0.571. The van der Waals surface area contributed by atoms with Gasteiger partial charge < -0.3 is 10.4 Å². The summed E-state index contributed by atoms with van der Waals surface area (Å²) >= 11 is 0.931. The Labute approximate surface area is 95.2 Å². The lowest BCUT2D eigenvalue weighted by Gasteiger charge is -2.23. The Bertz CT molecular complexity index is 377. The van der Waals surface area contributed by atoms with Crippen LogP contribution >= 0.6 is 11.5 Å². The molecular formula is C7H11N5O3S. The molecule has 9 heteroatoms. The van der Waals surface area contributed by atoms with Crippen LogP contribution in [0.3, 0.4) is 0 Å². The van der Waals surface area contributed by atoms with E-state index in [9.17, 15) is 9.59 Å². The molecule has 0 aromatic carbocycles. The number of carboxylic acids is 1. The summed E-state index contributed by atoms with van der Waals surface area (Å²) in [6.45, 7) is 3.22. The van der Waals surface area contributed by atoms with Gasteiger partial charge in [-0.2, -0.15) is 0 Å². The predicted molar refractivity (Wildman–Crippen MR) is 56.2 cm³/mol. The Morgan fingerprint density at radius 1 is 1.50 bits per heavy atom. The van der Waals surface area contributed by atoms with Gasteiger partial charge in [0.15, 0.2) is 0 Å². The number of hydrogen-bond acceptors (Lipinski definition) is 6. The Morgan fingerprint density at radius 2 is 2.19 bits per heavy atom. The number of carbonyl (C=O) groups excluding carboxylic acids is 1. The summed E-state index contributed by atoms with van der Waals surface area (Å²) in [7, 11) is 0. The molecule has 0 saturated carbocycles. The van der Waals surface area contributed by atoms with Gasteiger partial charge in [0, 0.05) is 17.1 Å². The van der Waals surface area contributed by atoms with Gasteiger partial charge in [0.2, 0.25) is 5.13 Å². The van der Waals surface area contributed by atoms with Crippen molar-refractivity contribution in [2.75, 3.05) is 5.32 Å². The summed E-state index contributed by atoms with van der Waals surface area (Å²) < 4.78 is 3.46. The zero-order chi connectivity index (χ0) is 12.2. The molecule has 0 aliphatic rings. The van der Waals surface area contributed by atoms with Gasteiger partial charge in [-0.15, -0.1) is 0 Å². The molecule has 8 nitrogen and oxygen atoms in total. The topological polar surface area (TPSA) is 117 Å². The van der Waals surface area contributed by atoms with E-state index in [4.69, 9.17) is 5.11 Å². The van der Waals surface area contributed by atoms with Crippen molar-refractivity contribution in [2.24, 2.45) is 0 Å². The maximum atomic E-state index is 11.4. The Morgan fingerprint density at radius 3 is 2.69 bits per heavy atom. The summed E-state index contributed by atoms with van der Waals surface area (Å²) in [5.74, 6) is -0.983. The van der Waals surface area contributed by atoms with Crippen LogP contribution in [0.25, 0.3) is 0 Å². The first-order valence-electron chi connectivity index (χ1n) is 4.35. The van der Waals surface area contributed by atoms with E-state index in [1.54, 1.807) is 13.8 Å². The monoisotopic (exact) mass is 245 g/mol. The van der Waals surface area contributed by atoms with Gasteiger partial charge in [-0.3, -0.25) is 10.1 Å². The third kappa shape index (κ3) is 4.17. The zero-order valence-corrected chi connectivity index (χ0v) is 9.54. The predicted octanol–water partition coefficient (Wildman–Crippen LogP) is 0.308. The molecule has 1 aromatic rings. The van der Waals surface area contributed by atoms with E-state index >= 15 is 0 Å². The number of amides is 2. The number of nitrogens with zero attached hydrogens (tertiary/aromatic N) is 3. The van der Waals surface area contributed by atoms with Gasteiger partial charge in [-0.1, -0.05) is 9.59 Å². The van der Waals surface area contributed by atoms with E-state index in [1.807, 2.05) is 0 Å². The van der Waals surface area contributed by atoms with Crippen molar-refractivity contribution in [1.82, 2.24) is 20.1 Å². The molecule has 0 unspecified atom stereocenters. The second-order valence-corrected chi connectivity index (χ2v) is 4.43. The highest BCUT2D eigenvalue weighted by Gasteiger charge is 2.24. The van der Waals surface area contributed by atoms with Crippen molar-refractivity contribution in [3.05, 3.63) is 0 Å². The lowest BCUT2D eigenvalue weighted by molar-refractivity contribution is -0.138. The Hall–Kier alpha value is -1.77. The summed E-state index contributed by atoms with van der Waals surface area (Å²) in [5, 5.41) is 20.6. The molecule has 16 heavy (non-hydrogen) atoms. The lowest BCUT2D eigenvalue weighted by atomic mass is 10.0. The standard InChI is InChI=1S/C7H11N5O3S/c1-7(2,3-4(13)14)9-5(15)8-6-10-11-12-16-6/h3H2,1-2H3,(H,13,14)(H2,8,9,10,12,15). The van der Waals surface area contributed by atoms with Gasteiger partial charge in [-0.05, 0) is 19.1 Å². The molecule has 0 saturated heterocycles. The number of urea groups is 1. The van der Waals surface area contributed by atoms with E-state index < -0.39 is 17.5 Å². The Kier molecular flexibility index (Phi) is 3.72. The molecule has 0 aliphatic heterocycles. The fourth-order valence-corrected chi connectivity index (χ4v) is 1.40. The van der Waals surface area contributed by atoms with Crippen molar-refractivity contribution in [3.63, 3.8) is 0 Å². The number of hydrogen-bond donors (Lipinski definition) is 3. The first kappa shape index (κ1) is 12.3. The second kappa shape index (κ2) is 4.84. The van der Waals surface area contributed by atoms with Crippen LogP contribution in [0.1, 0.15) is 20.3 Å². The van der Waals surface area contributed by atoms with Gasteiger partial charge in [0.25, 0.3) is 0 Å². The van der Waals surface area contributed by atoms with Gasteiger partial charge in [-0.25, -0.2) is 4.79 Å². The number of rotatable bonds is 4. The largest absolute Gasteiger partial charge is 0.481 e. The van der Waals surface area contributed by atoms with Crippen molar-refractivity contribution in [2.45, 2.75) is 25.8 Å². The van der Waals surface area contributed by atoms with E-state index in [-0.39, 0.29) is 11.6 Å². The highest BCUT2D eigenvalue weighted by molar-refractivity contribution is 7.09. The van der Waals surface area contributed by atoms with Crippen LogP contribution in [0.15, 0.2) is 0 Å². The summed E-state index contributed by atoms with van der Waals surface area (Å²) in [4.78, 5) is 21.9. The second-order valence-electron chi connectivity index (χ2n) is 3.70. The molecule has 0 bridgehead atoms. The van der Waals surface area contributed by atoms with Crippen molar-refractivity contribution in [3.8, 4) is 0 Å². The quantitative estimate of drug-likeness (QED) is 0.702. The number of carbonyl (C=O) groups is 2. The van der Waals surface area contributed by atoms with Crippen molar-refractivity contribution < 1.29 is 14.7 Å². The number of carboxylic acid groups (broad SMARTS) is 1. The van der Waals surface area contributed by atoms with Crippen molar-refractivity contribution in [1.29, 1.82) is 0 Å². The lowest BCUT2D eigenvalue weighted by Crippen LogP contribution is -2.46. The molecule has 2 amide bonds. The molecule has 0 radical (unpaired) electrons. The average molecular weight is 245 g/mol. The van der Waals surface area contributed by atoms with E-state index in [2.05, 4.69) is 25.4 Å². The molecule has 88 valence electrons. The van der Waals surface area contributed by atoms with Crippen LogP contribution in [-0.2, 0) is 4.79 Å². The zero-order valence-electron chi connectivity index (χ0n) is 8.72. The molecule has 1 rings (SSSR count). The van der Waals surface area contributed by atoms with Gasteiger partial charge in [0.05, 0.1) is 6.42 Å². The molecule has 0 atom stereocenters. The smallest absolute Gasteiger partial charge is 0.321 e. The van der Waals surface area contributed by atoms with Crippen LogP contribution in [-0.4, -0.2) is 37.4 Å². The highest BCUT2D eigenvalue weighted by Crippen LogP contribution is 2.09. The van der Waals surface area contributed by atoms with Gasteiger partial charge in [0.1, 0.15) is 0 Å². The Balaban J connectivity index is 2.47. The molecule has 1 aromatic heterocycles. The molecule has 3 N–H and O–H groups in total. The summed E-state index contributed by atoms with van der Waals surface area (Å²) in [6, 6.07) is -0.537. The fourth-order valence-electron chi connectivity index (χ4n) is 1.04. The highest BCUT2D eigenvalue weighted by atomic mass is 32.1. The molecule has 0 fully saturated rings. The van der Waals surface area contributed by atoms with Crippen LogP contribution in [0.5, 0.6) is 0 Å². The number of anilines is 1. The molecule has 0 spiro atoms. The summed E-state index contributed by atoms with van der Waals surface area (Å²) in [5.41, 5.74) is -0.839. The van der Waals surface area contributed by atoms with Crippen LogP contribution in [0, 0.1) is 0 Å². The molecule has 1 heterocycles. The average Bonchev–Trinajstić information content (AvgIpc) is 2.51. The van der Waals surface area contributed by atoms with Crippen LogP contribution in [0.4, 0.5) is 9.93 Å². The minimum absolute atomic E-state index is 0.172. The normalized spacial score (nSPS) is 10.9. The molecule has 0 aliphatic carbocycles. The van der Waals surface area contributed by atoms with E-state index in [0.717, 1.165) is 11.5 Å². The van der Waals surface area contributed by atoms with Crippen LogP contribution in [0.2, 0.25) is 0 Å². The van der Waals surface area contributed by atoms with Crippen LogP contribution < -0.4 is 10.6 Å². The third-order valence-electron chi connectivity index (χ3n) is 1.56. The van der Waals surface area contributed by atoms with E-state index in [0.29, 0.717) is 0 Å². The van der Waals surface area contributed by atoms with E-state index in [1.165, 1.54) is 0 Å². The maximum absolute atomic E-state index is 11.4.